The molecule has 9 heteroatoms. The van der Waals surface area contributed by atoms with Gasteiger partial charge in [0, 0.05) is 42.1 Å². The highest BCUT2D eigenvalue weighted by Crippen LogP contribution is 2.28. The fourth-order valence-electron chi connectivity index (χ4n) is 4.06. The maximum absolute atomic E-state index is 12.7. The van der Waals surface area contributed by atoms with Crippen molar-refractivity contribution in [3.63, 3.8) is 0 Å². The van der Waals surface area contributed by atoms with E-state index in [1.54, 1.807) is 25.4 Å². The molecule has 2 N–H and O–H groups in total. The minimum Gasteiger partial charge on any atom is -0.496 e. The first kappa shape index (κ1) is 25.3. The largest absolute Gasteiger partial charge is 0.496 e. The second-order valence-electron chi connectivity index (χ2n) is 8.57. The van der Waals surface area contributed by atoms with E-state index in [0.717, 1.165) is 38.5 Å². The number of carbonyl (C=O) groups is 1. The number of hydrogen-bond acceptors (Lipinski definition) is 6. The third-order valence-corrected chi connectivity index (χ3v) is 6.55. The van der Waals surface area contributed by atoms with Gasteiger partial charge in [-0.1, -0.05) is 34.1 Å². The summed E-state index contributed by atoms with van der Waals surface area (Å²) in [5, 5.41) is 6.25. The van der Waals surface area contributed by atoms with Crippen molar-refractivity contribution in [3.8, 4) is 17.2 Å². The number of methoxy groups -OCH3 is 1. The normalized spacial score (nSPS) is 10.8. The zero-order chi connectivity index (χ0) is 26.5. The molecule has 5 rings (SSSR count). The number of anilines is 2. The van der Waals surface area contributed by atoms with Crippen molar-refractivity contribution in [1.29, 1.82) is 0 Å². The van der Waals surface area contributed by atoms with E-state index in [1.165, 1.54) is 0 Å². The van der Waals surface area contributed by atoms with Crippen LogP contribution in [0.25, 0.3) is 11.0 Å². The number of fused-ring (bicyclic) bond motifs is 1. The SMILES string of the molecule is COc1ccccc1CCNC(=O)c1cc(Oc2ccc3c(c2)nc(Nc2ccc(Br)cc2)n3C)ccn1. The molecule has 0 aliphatic rings. The van der Waals surface area contributed by atoms with Gasteiger partial charge in [-0.3, -0.25) is 9.78 Å². The number of hydrogen-bond donors (Lipinski definition) is 2. The number of carbonyl (C=O) groups excluding carboxylic acids is 1. The van der Waals surface area contributed by atoms with E-state index >= 15 is 0 Å². The van der Waals surface area contributed by atoms with Gasteiger partial charge in [-0.15, -0.1) is 0 Å². The number of para-hydroxylation sites is 1. The van der Waals surface area contributed by atoms with E-state index in [4.69, 9.17) is 14.5 Å². The second kappa shape index (κ2) is 11.4. The molecule has 38 heavy (non-hydrogen) atoms. The quantitative estimate of drug-likeness (QED) is 0.217. The molecule has 5 aromatic rings. The van der Waals surface area contributed by atoms with Crippen LogP contribution in [0.1, 0.15) is 16.1 Å². The molecule has 0 radical (unpaired) electrons. The van der Waals surface area contributed by atoms with Crippen molar-refractivity contribution in [3.05, 3.63) is 101 Å². The highest BCUT2D eigenvalue weighted by atomic mass is 79.9. The van der Waals surface area contributed by atoms with Crippen LogP contribution in [0.4, 0.5) is 11.6 Å². The van der Waals surface area contributed by atoms with E-state index in [1.807, 2.05) is 78.3 Å². The summed E-state index contributed by atoms with van der Waals surface area (Å²) in [5.41, 5.74) is 3.99. The van der Waals surface area contributed by atoms with Crippen LogP contribution >= 0.6 is 15.9 Å². The molecule has 0 unspecified atom stereocenters. The number of halogens is 1. The molecule has 0 aliphatic heterocycles. The number of aromatic nitrogens is 3. The van der Waals surface area contributed by atoms with E-state index in [-0.39, 0.29) is 11.6 Å². The Bertz CT molecular complexity index is 1580. The molecule has 0 fully saturated rings. The van der Waals surface area contributed by atoms with E-state index in [9.17, 15) is 4.79 Å². The summed E-state index contributed by atoms with van der Waals surface area (Å²) in [6, 6.07) is 24.7. The van der Waals surface area contributed by atoms with Gasteiger partial charge in [-0.25, -0.2) is 4.98 Å². The predicted molar refractivity (Wildman–Crippen MR) is 151 cm³/mol. The molecule has 2 aromatic heterocycles. The fraction of sp³-hybridized carbons (Fsp3) is 0.138. The number of aryl methyl sites for hydroxylation is 1. The first-order chi connectivity index (χ1) is 18.5. The maximum Gasteiger partial charge on any atom is 0.270 e. The highest BCUT2D eigenvalue weighted by molar-refractivity contribution is 9.10. The van der Waals surface area contributed by atoms with Crippen LogP contribution in [0.15, 0.2) is 89.5 Å². The number of benzene rings is 3. The molecule has 0 saturated carbocycles. The van der Waals surface area contributed by atoms with Crippen molar-refractivity contribution in [2.24, 2.45) is 7.05 Å². The average Bonchev–Trinajstić information content (AvgIpc) is 3.24. The lowest BCUT2D eigenvalue weighted by molar-refractivity contribution is 0.0948. The third kappa shape index (κ3) is 5.78. The van der Waals surface area contributed by atoms with Crippen molar-refractivity contribution in [2.75, 3.05) is 19.0 Å². The van der Waals surface area contributed by atoms with Crippen LogP contribution in [0.5, 0.6) is 17.2 Å². The molecule has 0 atom stereocenters. The Morgan fingerprint density at radius 2 is 1.79 bits per heavy atom. The molecule has 1 amide bonds. The number of nitrogens with one attached hydrogen (secondary N) is 2. The first-order valence-corrected chi connectivity index (χ1v) is 12.8. The van der Waals surface area contributed by atoms with Gasteiger partial charge in [0.05, 0.1) is 18.1 Å². The van der Waals surface area contributed by atoms with Crippen LogP contribution in [-0.2, 0) is 13.5 Å². The van der Waals surface area contributed by atoms with Gasteiger partial charge in [0.25, 0.3) is 5.91 Å². The molecule has 192 valence electrons. The highest BCUT2D eigenvalue weighted by Gasteiger charge is 2.12. The Morgan fingerprint density at radius 1 is 1.00 bits per heavy atom. The summed E-state index contributed by atoms with van der Waals surface area (Å²) in [5.74, 6) is 2.37. The number of ether oxygens (including phenoxy) is 2. The number of imidazole rings is 1. The van der Waals surface area contributed by atoms with Gasteiger partial charge >= 0.3 is 0 Å². The smallest absolute Gasteiger partial charge is 0.270 e. The number of pyridine rings is 1. The van der Waals surface area contributed by atoms with Gasteiger partial charge in [0.15, 0.2) is 0 Å². The summed E-state index contributed by atoms with van der Waals surface area (Å²) < 4.78 is 14.4. The first-order valence-electron chi connectivity index (χ1n) is 12.0. The third-order valence-electron chi connectivity index (χ3n) is 6.02. The standard InChI is InChI=1S/C29H26BrN5O3/c1-35-26-12-11-22(17-24(26)34-29(35)33-21-9-7-20(30)8-10-21)38-23-14-16-31-25(18-23)28(36)32-15-13-19-5-3-4-6-27(19)37-2/h3-12,14,16-18H,13,15H2,1-2H3,(H,32,36)(H,33,34). The van der Waals surface area contributed by atoms with Gasteiger partial charge in [-0.2, -0.15) is 0 Å². The van der Waals surface area contributed by atoms with E-state index < -0.39 is 0 Å². The monoisotopic (exact) mass is 571 g/mol. The lowest BCUT2D eigenvalue weighted by Gasteiger charge is -2.10. The summed E-state index contributed by atoms with van der Waals surface area (Å²) in [7, 11) is 3.59. The van der Waals surface area contributed by atoms with Crippen molar-refractivity contribution < 1.29 is 14.3 Å². The van der Waals surface area contributed by atoms with Crippen LogP contribution in [0, 0.1) is 0 Å². The summed E-state index contributed by atoms with van der Waals surface area (Å²) >= 11 is 3.45. The van der Waals surface area contributed by atoms with Crippen molar-refractivity contribution >= 4 is 44.5 Å². The van der Waals surface area contributed by atoms with Gasteiger partial charge < -0.3 is 24.7 Å². The Hall–Kier alpha value is -4.37. The Balaban J connectivity index is 1.25. The van der Waals surface area contributed by atoms with E-state index in [0.29, 0.717) is 24.5 Å². The fourth-order valence-corrected chi connectivity index (χ4v) is 4.33. The molecule has 0 bridgehead atoms. The molecule has 8 nitrogen and oxygen atoms in total. The van der Waals surface area contributed by atoms with Crippen molar-refractivity contribution in [1.82, 2.24) is 19.9 Å². The number of amides is 1. The van der Waals surface area contributed by atoms with Crippen LogP contribution in [0.2, 0.25) is 0 Å². The molecule has 0 saturated heterocycles. The van der Waals surface area contributed by atoms with Crippen molar-refractivity contribution in [2.45, 2.75) is 6.42 Å². The zero-order valence-corrected chi connectivity index (χ0v) is 22.5. The Kier molecular flexibility index (Phi) is 7.55. The molecule has 0 spiro atoms. The molecular formula is C29H26BrN5O3. The minimum absolute atomic E-state index is 0.269. The van der Waals surface area contributed by atoms with Crippen LogP contribution < -0.4 is 20.1 Å². The molecule has 0 aliphatic carbocycles. The predicted octanol–water partition coefficient (Wildman–Crippen LogP) is 6.25. The Morgan fingerprint density at radius 3 is 2.61 bits per heavy atom. The summed E-state index contributed by atoms with van der Waals surface area (Å²) in [4.78, 5) is 21.6. The topological polar surface area (TPSA) is 90.3 Å². The van der Waals surface area contributed by atoms with Crippen LogP contribution in [-0.4, -0.2) is 34.1 Å². The van der Waals surface area contributed by atoms with E-state index in [2.05, 4.69) is 31.5 Å². The lowest BCUT2D eigenvalue weighted by Crippen LogP contribution is -2.26. The Labute approximate surface area is 228 Å². The number of rotatable bonds is 9. The maximum atomic E-state index is 12.7. The average molecular weight is 572 g/mol. The molecule has 3 aromatic carbocycles. The van der Waals surface area contributed by atoms with Gasteiger partial charge in [-0.05, 0) is 60.5 Å². The summed E-state index contributed by atoms with van der Waals surface area (Å²) in [6.07, 6.45) is 2.21. The van der Waals surface area contributed by atoms with Gasteiger partial charge in [0.2, 0.25) is 5.95 Å². The molecule has 2 heterocycles. The lowest BCUT2D eigenvalue weighted by atomic mass is 10.1. The van der Waals surface area contributed by atoms with Crippen LogP contribution in [0.3, 0.4) is 0 Å². The van der Waals surface area contributed by atoms with Gasteiger partial charge in [0.1, 0.15) is 22.9 Å². The summed E-state index contributed by atoms with van der Waals surface area (Å²) in [6.45, 7) is 0.457. The second-order valence-corrected chi connectivity index (χ2v) is 9.49. The number of nitrogens with zero attached hydrogens (tertiary/aromatic N) is 3. The minimum atomic E-state index is -0.269. The zero-order valence-electron chi connectivity index (χ0n) is 20.9. The molecular weight excluding hydrogens is 546 g/mol.